The van der Waals surface area contributed by atoms with Crippen molar-refractivity contribution < 1.29 is 9.53 Å². The van der Waals surface area contributed by atoms with Crippen molar-refractivity contribution in [1.82, 2.24) is 0 Å². The predicted octanol–water partition coefficient (Wildman–Crippen LogP) is 4.68. The molecule has 1 aliphatic rings. The molecule has 2 aromatic rings. The molecule has 0 bridgehead atoms. The SMILES string of the molecule is Cc1ccc(C2=N[C@H](C(=O)OC(C)(C)C)[C@@H](c3ccccc3)C2)cc1. The summed E-state index contributed by atoms with van der Waals surface area (Å²) in [6, 6.07) is 18.0. The van der Waals surface area contributed by atoms with Crippen molar-refractivity contribution in [3.05, 3.63) is 71.3 Å². The third kappa shape index (κ3) is 4.16. The van der Waals surface area contributed by atoms with Crippen LogP contribution in [0.5, 0.6) is 0 Å². The Kier molecular flexibility index (Phi) is 4.76. The summed E-state index contributed by atoms with van der Waals surface area (Å²) < 4.78 is 5.63. The summed E-state index contributed by atoms with van der Waals surface area (Å²) in [4.78, 5) is 17.5. The molecule has 0 aromatic heterocycles. The van der Waals surface area contributed by atoms with Crippen molar-refractivity contribution in [3.63, 3.8) is 0 Å². The van der Waals surface area contributed by atoms with Gasteiger partial charge in [-0.25, -0.2) is 4.79 Å². The molecule has 25 heavy (non-hydrogen) atoms. The van der Waals surface area contributed by atoms with Gasteiger partial charge in [-0.3, -0.25) is 4.99 Å². The summed E-state index contributed by atoms with van der Waals surface area (Å²) in [7, 11) is 0. The number of carbonyl (C=O) groups is 1. The maximum absolute atomic E-state index is 12.7. The fraction of sp³-hybridized carbons (Fsp3) is 0.364. The second-order valence-corrected chi connectivity index (χ2v) is 7.64. The molecule has 3 heteroatoms. The van der Waals surface area contributed by atoms with Crippen LogP contribution in [0.2, 0.25) is 0 Å². The van der Waals surface area contributed by atoms with Crippen molar-refractivity contribution in [1.29, 1.82) is 0 Å². The van der Waals surface area contributed by atoms with E-state index in [2.05, 4.69) is 43.3 Å². The number of ether oxygens (including phenoxy) is 1. The molecule has 0 unspecified atom stereocenters. The number of rotatable bonds is 3. The van der Waals surface area contributed by atoms with Gasteiger partial charge in [-0.1, -0.05) is 60.2 Å². The quantitative estimate of drug-likeness (QED) is 0.764. The first-order chi connectivity index (χ1) is 11.8. The van der Waals surface area contributed by atoms with Crippen LogP contribution in [-0.4, -0.2) is 23.3 Å². The Labute approximate surface area is 149 Å². The number of aliphatic imine (C=N–C) groups is 1. The zero-order valence-electron chi connectivity index (χ0n) is 15.3. The van der Waals surface area contributed by atoms with Gasteiger partial charge < -0.3 is 4.74 Å². The molecule has 1 heterocycles. The smallest absolute Gasteiger partial charge is 0.332 e. The van der Waals surface area contributed by atoms with Crippen LogP contribution < -0.4 is 0 Å². The Balaban J connectivity index is 1.93. The molecular weight excluding hydrogens is 310 g/mol. The number of nitrogens with zero attached hydrogens (tertiary/aromatic N) is 1. The van der Waals surface area contributed by atoms with Gasteiger partial charge in [0.2, 0.25) is 0 Å². The molecule has 3 rings (SSSR count). The lowest BCUT2D eigenvalue weighted by Gasteiger charge is -2.24. The Morgan fingerprint density at radius 3 is 2.28 bits per heavy atom. The summed E-state index contributed by atoms with van der Waals surface area (Å²) in [5, 5.41) is 0. The zero-order chi connectivity index (χ0) is 18.0. The number of hydrogen-bond acceptors (Lipinski definition) is 3. The second kappa shape index (κ2) is 6.83. The Hall–Kier alpha value is -2.42. The molecule has 0 saturated carbocycles. The summed E-state index contributed by atoms with van der Waals surface area (Å²) in [5.74, 6) is -0.226. The monoisotopic (exact) mass is 335 g/mol. The molecule has 0 spiro atoms. The Morgan fingerprint density at radius 1 is 1.04 bits per heavy atom. The first-order valence-electron chi connectivity index (χ1n) is 8.75. The Morgan fingerprint density at radius 2 is 1.68 bits per heavy atom. The molecule has 0 fully saturated rings. The highest BCUT2D eigenvalue weighted by atomic mass is 16.6. The lowest BCUT2D eigenvalue weighted by atomic mass is 9.89. The van der Waals surface area contributed by atoms with Crippen LogP contribution >= 0.6 is 0 Å². The van der Waals surface area contributed by atoms with Crippen LogP contribution in [-0.2, 0) is 9.53 Å². The van der Waals surface area contributed by atoms with E-state index >= 15 is 0 Å². The van der Waals surface area contributed by atoms with Gasteiger partial charge in [-0.05, 0) is 45.2 Å². The summed E-state index contributed by atoms with van der Waals surface area (Å²) in [6.45, 7) is 7.74. The second-order valence-electron chi connectivity index (χ2n) is 7.64. The molecule has 2 atom stereocenters. The van der Waals surface area contributed by atoms with Gasteiger partial charge in [0.25, 0.3) is 0 Å². The van der Waals surface area contributed by atoms with Gasteiger partial charge in [-0.15, -0.1) is 0 Å². The van der Waals surface area contributed by atoms with Crippen LogP contribution in [0.4, 0.5) is 0 Å². The minimum atomic E-state index is -0.513. The van der Waals surface area contributed by atoms with Crippen LogP contribution in [0, 0.1) is 6.92 Å². The molecule has 0 radical (unpaired) electrons. The normalized spacial score (nSPS) is 20.2. The number of esters is 1. The van der Waals surface area contributed by atoms with Crippen molar-refractivity contribution in [3.8, 4) is 0 Å². The van der Waals surface area contributed by atoms with E-state index in [1.807, 2.05) is 39.0 Å². The molecule has 130 valence electrons. The van der Waals surface area contributed by atoms with E-state index < -0.39 is 11.6 Å². The lowest BCUT2D eigenvalue weighted by molar-refractivity contribution is -0.156. The highest BCUT2D eigenvalue weighted by Crippen LogP contribution is 2.35. The van der Waals surface area contributed by atoms with E-state index in [9.17, 15) is 4.79 Å². The number of benzene rings is 2. The first-order valence-corrected chi connectivity index (χ1v) is 8.75. The number of hydrogen-bond donors (Lipinski definition) is 0. The van der Waals surface area contributed by atoms with Crippen molar-refractivity contribution in [2.45, 2.75) is 51.7 Å². The van der Waals surface area contributed by atoms with E-state index in [0.717, 1.165) is 23.3 Å². The molecule has 1 aliphatic heterocycles. The molecule has 0 N–H and O–H groups in total. The van der Waals surface area contributed by atoms with Crippen LogP contribution in [0.25, 0.3) is 0 Å². The summed E-state index contributed by atoms with van der Waals surface area (Å²) >= 11 is 0. The molecule has 2 aromatic carbocycles. The van der Waals surface area contributed by atoms with E-state index in [1.165, 1.54) is 5.56 Å². The summed E-state index contributed by atoms with van der Waals surface area (Å²) in [6.07, 6.45) is 0.747. The van der Waals surface area contributed by atoms with Gasteiger partial charge in [-0.2, -0.15) is 0 Å². The molecule has 0 saturated heterocycles. The van der Waals surface area contributed by atoms with Crippen LogP contribution in [0.15, 0.2) is 59.6 Å². The number of carbonyl (C=O) groups excluding carboxylic acids is 1. The summed E-state index contributed by atoms with van der Waals surface area (Å²) in [5.41, 5.74) is 3.89. The standard InChI is InChI=1S/C22H25NO2/c1-15-10-12-17(13-11-15)19-14-18(16-8-6-5-7-9-16)20(23-19)21(24)25-22(2,3)4/h5-13,18,20H,14H2,1-4H3/t18-,20+/m1/s1. The van der Waals surface area contributed by atoms with E-state index in [0.29, 0.717) is 0 Å². The third-order valence-electron chi connectivity index (χ3n) is 4.35. The van der Waals surface area contributed by atoms with Gasteiger partial charge in [0, 0.05) is 11.6 Å². The molecular formula is C22H25NO2. The lowest BCUT2D eigenvalue weighted by Crippen LogP contribution is -2.32. The first kappa shape index (κ1) is 17.4. The fourth-order valence-electron chi connectivity index (χ4n) is 3.15. The average molecular weight is 335 g/mol. The maximum atomic E-state index is 12.7. The zero-order valence-corrected chi connectivity index (χ0v) is 15.3. The van der Waals surface area contributed by atoms with E-state index in [4.69, 9.17) is 9.73 Å². The van der Waals surface area contributed by atoms with Gasteiger partial charge in [0.15, 0.2) is 6.04 Å². The largest absolute Gasteiger partial charge is 0.458 e. The highest BCUT2D eigenvalue weighted by Gasteiger charge is 2.38. The van der Waals surface area contributed by atoms with Gasteiger partial charge >= 0.3 is 5.97 Å². The molecule has 3 nitrogen and oxygen atoms in total. The third-order valence-corrected chi connectivity index (χ3v) is 4.35. The van der Waals surface area contributed by atoms with E-state index in [-0.39, 0.29) is 11.9 Å². The van der Waals surface area contributed by atoms with Crippen molar-refractivity contribution in [2.75, 3.05) is 0 Å². The van der Waals surface area contributed by atoms with Gasteiger partial charge in [0.1, 0.15) is 5.60 Å². The molecule has 0 aliphatic carbocycles. The average Bonchev–Trinajstić information content (AvgIpc) is 3.00. The van der Waals surface area contributed by atoms with Crippen LogP contribution in [0.3, 0.4) is 0 Å². The van der Waals surface area contributed by atoms with Crippen molar-refractivity contribution >= 4 is 11.7 Å². The van der Waals surface area contributed by atoms with Crippen LogP contribution in [0.1, 0.15) is 49.8 Å². The highest BCUT2D eigenvalue weighted by molar-refractivity contribution is 6.04. The van der Waals surface area contributed by atoms with E-state index in [1.54, 1.807) is 0 Å². The minimum absolute atomic E-state index is 0.0207. The van der Waals surface area contributed by atoms with Crippen molar-refractivity contribution in [2.24, 2.45) is 4.99 Å². The topological polar surface area (TPSA) is 38.7 Å². The minimum Gasteiger partial charge on any atom is -0.458 e. The molecule has 0 amide bonds. The number of aryl methyl sites for hydroxylation is 1. The predicted molar refractivity (Wildman–Crippen MR) is 101 cm³/mol. The maximum Gasteiger partial charge on any atom is 0.332 e. The van der Waals surface area contributed by atoms with Gasteiger partial charge in [0.05, 0.1) is 0 Å². The Bertz CT molecular complexity index is 770. The fourth-order valence-corrected chi connectivity index (χ4v) is 3.15.